The van der Waals surface area contributed by atoms with Crippen LogP contribution in [0.4, 0.5) is 0 Å². The maximum absolute atomic E-state index is 3.89. The fraction of sp³-hybridized carbons (Fsp3) is 0.375. The fourth-order valence-corrected chi connectivity index (χ4v) is 3.75. The Kier molecular flexibility index (Phi) is 3.19. The first-order valence-corrected chi connectivity index (χ1v) is 7.42. The summed E-state index contributed by atoms with van der Waals surface area (Å²) in [7, 11) is 0. The molecule has 1 unspecified atom stereocenters. The van der Waals surface area contributed by atoms with Crippen molar-refractivity contribution < 1.29 is 0 Å². The van der Waals surface area contributed by atoms with Crippen molar-refractivity contribution in [2.24, 2.45) is 0 Å². The lowest BCUT2D eigenvalue weighted by molar-refractivity contribution is 0.616. The third-order valence-corrected chi connectivity index (χ3v) is 4.69. The number of hydrogen-bond acceptors (Lipinski definition) is 0. The van der Waals surface area contributed by atoms with Crippen molar-refractivity contribution in [1.82, 2.24) is 0 Å². The van der Waals surface area contributed by atoms with Crippen LogP contribution in [0.15, 0.2) is 36.4 Å². The molecule has 0 saturated carbocycles. The zero-order valence-corrected chi connectivity index (χ0v) is 11.5. The summed E-state index contributed by atoms with van der Waals surface area (Å²) in [4.78, 5) is 0.531. The highest BCUT2D eigenvalue weighted by atomic mass is 79.9. The Morgan fingerprint density at radius 3 is 2.76 bits per heavy atom. The van der Waals surface area contributed by atoms with Gasteiger partial charge in [-0.1, -0.05) is 65.2 Å². The van der Waals surface area contributed by atoms with Gasteiger partial charge in [0.15, 0.2) is 0 Å². The van der Waals surface area contributed by atoms with E-state index in [0.29, 0.717) is 4.83 Å². The molecule has 0 aliphatic heterocycles. The van der Waals surface area contributed by atoms with Crippen LogP contribution in [0.2, 0.25) is 0 Å². The van der Waals surface area contributed by atoms with Crippen molar-refractivity contribution in [1.29, 1.82) is 0 Å². The Bertz CT molecular complexity index is 530. The highest BCUT2D eigenvalue weighted by Gasteiger charge is 2.17. The number of aryl methyl sites for hydroxylation is 1. The van der Waals surface area contributed by atoms with Crippen molar-refractivity contribution in [3.63, 3.8) is 0 Å². The summed E-state index contributed by atoms with van der Waals surface area (Å²) in [5, 5.41) is 2.81. The van der Waals surface area contributed by atoms with E-state index in [0.717, 1.165) is 0 Å². The molecule has 17 heavy (non-hydrogen) atoms. The molecule has 0 bridgehead atoms. The van der Waals surface area contributed by atoms with Crippen LogP contribution in [0.5, 0.6) is 0 Å². The van der Waals surface area contributed by atoms with Crippen molar-refractivity contribution in [2.75, 3.05) is 0 Å². The van der Waals surface area contributed by atoms with Gasteiger partial charge in [-0.2, -0.15) is 0 Å². The van der Waals surface area contributed by atoms with E-state index in [4.69, 9.17) is 0 Å². The molecule has 3 rings (SSSR count). The number of halogens is 1. The first-order valence-electron chi connectivity index (χ1n) is 6.51. The fourth-order valence-electron chi connectivity index (χ4n) is 2.89. The van der Waals surface area contributed by atoms with Crippen LogP contribution in [-0.4, -0.2) is 0 Å². The lowest BCUT2D eigenvalue weighted by Crippen LogP contribution is -2.02. The summed E-state index contributed by atoms with van der Waals surface area (Å²) in [5.41, 5.74) is 3.09. The Labute approximate surface area is 111 Å². The van der Waals surface area contributed by atoms with Crippen molar-refractivity contribution in [3.8, 4) is 0 Å². The van der Waals surface area contributed by atoms with E-state index in [1.807, 2.05) is 0 Å². The molecular weight excluding hydrogens is 272 g/mol. The van der Waals surface area contributed by atoms with Crippen LogP contribution in [0, 0.1) is 0 Å². The topological polar surface area (TPSA) is 0 Å². The molecule has 1 atom stereocenters. The molecule has 0 amide bonds. The highest BCUT2D eigenvalue weighted by Crippen LogP contribution is 2.38. The summed E-state index contributed by atoms with van der Waals surface area (Å²) < 4.78 is 0. The van der Waals surface area contributed by atoms with E-state index < -0.39 is 0 Å². The van der Waals surface area contributed by atoms with Gasteiger partial charge < -0.3 is 0 Å². The van der Waals surface area contributed by atoms with E-state index in [2.05, 4.69) is 52.3 Å². The SMILES string of the molecule is BrC1CCCCCc2ccc3ccccc3c21. The van der Waals surface area contributed by atoms with Crippen molar-refractivity contribution >= 4 is 26.7 Å². The minimum atomic E-state index is 0.531. The number of hydrogen-bond donors (Lipinski definition) is 0. The quantitative estimate of drug-likeness (QED) is 0.570. The molecular formula is C16H17Br. The summed E-state index contributed by atoms with van der Waals surface area (Å²) in [6.45, 7) is 0. The number of benzene rings is 2. The predicted octanol–water partition coefficient (Wildman–Crippen LogP) is 5.39. The number of rotatable bonds is 0. The van der Waals surface area contributed by atoms with Gasteiger partial charge in [0.05, 0.1) is 0 Å². The zero-order valence-electron chi connectivity index (χ0n) is 9.95. The maximum atomic E-state index is 3.89. The summed E-state index contributed by atoms with van der Waals surface area (Å²) in [6.07, 6.45) is 6.56. The Morgan fingerprint density at radius 2 is 1.82 bits per heavy atom. The van der Waals surface area contributed by atoms with Gasteiger partial charge in [0.2, 0.25) is 0 Å². The van der Waals surface area contributed by atoms with Crippen molar-refractivity contribution in [3.05, 3.63) is 47.5 Å². The second kappa shape index (κ2) is 4.81. The Morgan fingerprint density at radius 1 is 0.941 bits per heavy atom. The van der Waals surface area contributed by atoms with Gasteiger partial charge in [0.1, 0.15) is 0 Å². The minimum Gasteiger partial charge on any atom is -0.0838 e. The molecule has 2 aromatic rings. The summed E-state index contributed by atoms with van der Waals surface area (Å²) >= 11 is 3.89. The molecule has 0 N–H and O–H groups in total. The number of fused-ring (bicyclic) bond motifs is 3. The van der Waals surface area contributed by atoms with Gasteiger partial charge in [-0.25, -0.2) is 0 Å². The minimum absolute atomic E-state index is 0.531. The Balaban J connectivity index is 2.23. The molecule has 0 heterocycles. The Hall–Kier alpha value is -0.820. The molecule has 0 radical (unpaired) electrons. The van der Waals surface area contributed by atoms with Crippen molar-refractivity contribution in [2.45, 2.75) is 36.9 Å². The molecule has 0 fully saturated rings. The van der Waals surface area contributed by atoms with Gasteiger partial charge in [-0.05, 0) is 41.2 Å². The summed E-state index contributed by atoms with van der Waals surface area (Å²) in [6, 6.07) is 13.4. The predicted molar refractivity (Wildman–Crippen MR) is 77.8 cm³/mol. The van der Waals surface area contributed by atoms with E-state index in [-0.39, 0.29) is 0 Å². The molecule has 88 valence electrons. The summed E-state index contributed by atoms with van der Waals surface area (Å²) in [5.74, 6) is 0. The normalized spacial score (nSPS) is 20.6. The van der Waals surface area contributed by atoms with E-state index in [9.17, 15) is 0 Å². The van der Waals surface area contributed by atoms with Crippen LogP contribution in [0.25, 0.3) is 10.8 Å². The van der Waals surface area contributed by atoms with E-state index in [1.54, 1.807) is 11.1 Å². The molecule has 1 heteroatoms. The first-order chi connectivity index (χ1) is 8.36. The van der Waals surface area contributed by atoms with Crippen LogP contribution >= 0.6 is 15.9 Å². The van der Waals surface area contributed by atoms with Gasteiger partial charge >= 0.3 is 0 Å². The molecule has 0 nitrogen and oxygen atoms in total. The van der Waals surface area contributed by atoms with E-state index in [1.165, 1.54) is 42.9 Å². The molecule has 0 saturated heterocycles. The monoisotopic (exact) mass is 288 g/mol. The second-order valence-electron chi connectivity index (χ2n) is 4.93. The third-order valence-electron chi connectivity index (χ3n) is 3.78. The highest BCUT2D eigenvalue weighted by molar-refractivity contribution is 9.09. The second-order valence-corrected chi connectivity index (χ2v) is 6.03. The van der Waals surface area contributed by atoms with Gasteiger partial charge in [0, 0.05) is 4.83 Å². The van der Waals surface area contributed by atoms with Gasteiger partial charge in [0.25, 0.3) is 0 Å². The average Bonchev–Trinajstić information content (AvgIpc) is 2.35. The first kappa shape index (κ1) is 11.3. The smallest absolute Gasteiger partial charge is 0.0404 e. The average molecular weight is 289 g/mol. The largest absolute Gasteiger partial charge is 0.0838 e. The molecule has 2 aromatic carbocycles. The van der Waals surface area contributed by atoms with Gasteiger partial charge in [-0.15, -0.1) is 0 Å². The molecule has 0 aromatic heterocycles. The standard InChI is InChI=1S/C16H17Br/c17-15-9-3-1-2-7-13-11-10-12-6-4-5-8-14(12)16(13)15/h4-6,8,10-11,15H,1-3,7,9H2. The van der Waals surface area contributed by atoms with Gasteiger partial charge in [-0.3, -0.25) is 0 Å². The molecule has 1 aliphatic rings. The van der Waals surface area contributed by atoms with E-state index >= 15 is 0 Å². The van der Waals surface area contributed by atoms with Crippen LogP contribution < -0.4 is 0 Å². The zero-order chi connectivity index (χ0) is 11.7. The number of alkyl halides is 1. The molecule has 1 aliphatic carbocycles. The van der Waals surface area contributed by atoms with Crippen LogP contribution in [0.3, 0.4) is 0 Å². The lowest BCUT2D eigenvalue weighted by atomic mass is 9.89. The lowest BCUT2D eigenvalue weighted by Gasteiger charge is -2.20. The van der Waals surface area contributed by atoms with Crippen LogP contribution in [-0.2, 0) is 6.42 Å². The van der Waals surface area contributed by atoms with Crippen LogP contribution in [0.1, 0.15) is 41.6 Å². The molecule has 0 spiro atoms. The maximum Gasteiger partial charge on any atom is 0.0404 e. The third kappa shape index (κ3) is 2.13.